The summed E-state index contributed by atoms with van der Waals surface area (Å²) >= 11 is 0. The quantitative estimate of drug-likeness (QED) is 0.205. The summed E-state index contributed by atoms with van der Waals surface area (Å²) in [6.45, 7) is 0. The lowest BCUT2D eigenvalue weighted by Gasteiger charge is -2.04. The molecule has 0 fully saturated rings. The molecule has 0 saturated heterocycles. The summed E-state index contributed by atoms with van der Waals surface area (Å²) in [4.78, 5) is 13.6. The van der Waals surface area contributed by atoms with Crippen LogP contribution in [0.25, 0.3) is 10.4 Å². The molecule has 64 valence electrons. The minimum absolute atomic E-state index is 0.195. The van der Waals surface area contributed by atoms with E-state index in [1.165, 1.54) is 7.11 Å². The molecule has 0 aromatic heterocycles. The van der Waals surface area contributed by atoms with E-state index in [-0.39, 0.29) is 17.9 Å². The van der Waals surface area contributed by atoms with E-state index in [0.29, 0.717) is 6.42 Å². The Labute approximate surface area is 69.6 Å². The lowest BCUT2D eigenvalue weighted by molar-refractivity contribution is -0.143. The molecular weight excluding hydrogens is 158 g/mol. The molecule has 5 nitrogen and oxygen atoms in total. The van der Waals surface area contributed by atoms with Crippen molar-refractivity contribution in [2.75, 3.05) is 7.11 Å². The Balaban J connectivity index is 2.52. The molecule has 0 heterocycles. The first-order valence-corrected chi connectivity index (χ1v) is 3.58. The standard InChI is InChI=1S/C7H9N3O2/c1-12-7(11)5-2-3-6(4-5)9-10-8/h2-3,5-6H,4H2,1H3. The van der Waals surface area contributed by atoms with Crippen LogP contribution in [0.1, 0.15) is 6.42 Å². The van der Waals surface area contributed by atoms with Crippen molar-refractivity contribution in [3.63, 3.8) is 0 Å². The molecule has 0 aliphatic heterocycles. The van der Waals surface area contributed by atoms with Gasteiger partial charge in [-0.15, -0.1) is 0 Å². The normalized spacial score (nSPS) is 26.4. The number of esters is 1. The van der Waals surface area contributed by atoms with Crippen LogP contribution < -0.4 is 0 Å². The second kappa shape index (κ2) is 3.78. The van der Waals surface area contributed by atoms with Crippen LogP contribution in [-0.4, -0.2) is 19.1 Å². The monoisotopic (exact) mass is 167 g/mol. The van der Waals surface area contributed by atoms with Crippen LogP contribution in [0.3, 0.4) is 0 Å². The van der Waals surface area contributed by atoms with Crippen molar-refractivity contribution < 1.29 is 9.53 Å². The molecule has 1 rings (SSSR count). The van der Waals surface area contributed by atoms with Crippen molar-refractivity contribution in [3.8, 4) is 0 Å². The number of hydrogen-bond donors (Lipinski definition) is 0. The van der Waals surface area contributed by atoms with Crippen molar-refractivity contribution in [2.24, 2.45) is 11.0 Å². The molecule has 2 unspecified atom stereocenters. The van der Waals surface area contributed by atoms with Gasteiger partial charge in [-0.05, 0) is 12.0 Å². The zero-order chi connectivity index (χ0) is 8.97. The number of nitrogens with zero attached hydrogens (tertiary/aromatic N) is 3. The van der Waals surface area contributed by atoms with Crippen LogP contribution in [0, 0.1) is 5.92 Å². The van der Waals surface area contributed by atoms with Gasteiger partial charge < -0.3 is 4.74 Å². The SMILES string of the molecule is COC(=O)C1C=CC(N=[N+]=[N-])C1. The smallest absolute Gasteiger partial charge is 0.312 e. The van der Waals surface area contributed by atoms with Crippen molar-refractivity contribution in [3.05, 3.63) is 22.6 Å². The molecule has 5 heteroatoms. The maximum atomic E-state index is 11.0. The maximum absolute atomic E-state index is 11.0. The number of carbonyl (C=O) groups is 1. The molecule has 0 N–H and O–H groups in total. The highest BCUT2D eigenvalue weighted by Crippen LogP contribution is 2.21. The Bertz CT molecular complexity index is 255. The first-order valence-electron chi connectivity index (χ1n) is 3.58. The van der Waals surface area contributed by atoms with E-state index in [9.17, 15) is 4.79 Å². The molecule has 0 aromatic carbocycles. The predicted octanol–water partition coefficient (Wildman–Crippen LogP) is 1.41. The molecule has 1 aliphatic carbocycles. The highest BCUT2D eigenvalue weighted by Gasteiger charge is 2.24. The minimum Gasteiger partial charge on any atom is -0.469 e. The number of carbonyl (C=O) groups excluding carboxylic acids is 1. The van der Waals surface area contributed by atoms with E-state index >= 15 is 0 Å². The minimum atomic E-state index is -0.276. The average molecular weight is 167 g/mol. The van der Waals surface area contributed by atoms with Crippen molar-refractivity contribution in [1.82, 2.24) is 0 Å². The van der Waals surface area contributed by atoms with Gasteiger partial charge in [-0.3, -0.25) is 4.79 Å². The summed E-state index contributed by atoms with van der Waals surface area (Å²) in [7, 11) is 1.34. The van der Waals surface area contributed by atoms with Gasteiger partial charge in [-0.2, -0.15) is 0 Å². The molecule has 1 aliphatic rings. The third kappa shape index (κ3) is 1.77. The zero-order valence-electron chi connectivity index (χ0n) is 6.67. The van der Waals surface area contributed by atoms with E-state index in [0.717, 1.165) is 0 Å². The summed E-state index contributed by atoms with van der Waals surface area (Å²) in [5.74, 6) is -0.521. The Morgan fingerprint density at radius 1 is 1.75 bits per heavy atom. The number of azide groups is 1. The molecule has 0 bridgehead atoms. The highest BCUT2D eigenvalue weighted by molar-refractivity contribution is 5.75. The zero-order valence-corrected chi connectivity index (χ0v) is 6.67. The molecule has 0 spiro atoms. The summed E-state index contributed by atoms with van der Waals surface area (Å²) in [5, 5.41) is 3.48. The lowest BCUT2D eigenvalue weighted by atomic mass is 10.1. The Kier molecular flexibility index (Phi) is 2.71. The van der Waals surface area contributed by atoms with Crippen LogP contribution in [-0.2, 0) is 9.53 Å². The average Bonchev–Trinajstić information content (AvgIpc) is 2.52. The number of hydrogen-bond acceptors (Lipinski definition) is 3. The van der Waals surface area contributed by atoms with Gasteiger partial charge in [0.15, 0.2) is 0 Å². The predicted molar refractivity (Wildman–Crippen MR) is 42.2 cm³/mol. The molecular formula is C7H9N3O2. The van der Waals surface area contributed by atoms with Crippen LogP contribution in [0.4, 0.5) is 0 Å². The summed E-state index contributed by atoms with van der Waals surface area (Å²) < 4.78 is 4.54. The summed E-state index contributed by atoms with van der Waals surface area (Å²) in [6.07, 6.45) is 3.96. The van der Waals surface area contributed by atoms with Crippen LogP contribution in [0.2, 0.25) is 0 Å². The molecule has 2 atom stereocenters. The van der Waals surface area contributed by atoms with Gasteiger partial charge in [0.25, 0.3) is 0 Å². The fraction of sp³-hybridized carbons (Fsp3) is 0.571. The Morgan fingerprint density at radius 3 is 3.08 bits per heavy atom. The second-order valence-electron chi connectivity index (χ2n) is 2.52. The van der Waals surface area contributed by atoms with E-state index in [1.807, 2.05) is 0 Å². The van der Waals surface area contributed by atoms with Gasteiger partial charge in [-0.25, -0.2) is 0 Å². The van der Waals surface area contributed by atoms with Crippen LogP contribution in [0.5, 0.6) is 0 Å². The van der Waals surface area contributed by atoms with Crippen molar-refractivity contribution in [1.29, 1.82) is 0 Å². The van der Waals surface area contributed by atoms with Crippen LogP contribution >= 0.6 is 0 Å². The first-order chi connectivity index (χ1) is 5.77. The number of rotatable bonds is 2. The Morgan fingerprint density at radius 2 is 2.50 bits per heavy atom. The second-order valence-corrected chi connectivity index (χ2v) is 2.52. The third-order valence-electron chi connectivity index (χ3n) is 1.76. The summed E-state index contributed by atoms with van der Waals surface area (Å²) in [6, 6.07) is -0.195. The fourth-order valence-corrected chi connectivity index (χ4v) is 1.16. The number of methoxy groups -OCH3 is 1. The molecule has 0 saturated carbocycles. The van der Waals surface area contributed by atoms with Crippen molar-refractivity contribution in [2.45, 2.75) is 12.5 Å². The van der Waals surface area contributed by atoms with E-state index < -0.39 is 0 Å². The third-order valence-corrected chi connectivity index (χ3v) is 1.76. The molecule has 12 heavy (non-hydrogen) atoms. The summed E-state index contributed by atoms with van der Waals surface area (Å²) in [5.41, 5.74) is 8.12. The fourth-order valence-electron chi connectivity index (χ4n) is 1.16. The largest absolute Gasteiger partial charge is 0.469 e. The van der Waals surface area contributed by atoms with Gasteiger partial charge in [-0.1, -0.05) is 17.3 Å². The molecule has 0 amide bonds. The maximum Gasteiger partial charge on any atom is 0.312 e. The van der Waals surface area contributed by atoms with Gasteiger partial charge in [0, 0.05) is 4.91 Å². The van der Waals surface area contributed by atoms with Gasteiger partial charge in [0.05, 0.1) is 19.1 Å². The topological polar surface area (TPSA) is 75.1 Å². The molecule has 0 aromatic rings. The van der Waals surface area contributed by atoms with Crippen molar-refractivity contribution >= 4 is 5.97 Å². The van der Waals surface area contributed by atoms with Crippen LogP contribution in [0.15, 0.2) is 17.3 Å². The number of ether oxygens (including phenoxy) is 1. The van der Waals surface area contributed by atoms with Gasteiger partial charge in [0.2, 0.25) is 0 Å². The lowest BCUT2D eigenvalue weighted by Crippen LogP contribution is -2.13. The van der Waals surface area contributed by atoms with E-state index in [4.69, 9.17) is 5.53 Å². The van der Waals surface area contributed by atoms with E-state index in [1.54, 1.807) is 12.2 Å². The van der Waals surface area contributed by atoms with E-state index in [2.05, 4.69) is 14.8 Å². The van der Waals surface area contributed by atoms with Gasteiger partial charge in [0.1, 0.15) is 0 Å². The highest BCUT2D eigenvalue weighted by atomic mass is 16.5. The van der Waals surface area contributed by atoms with Gasteiger partial charge >= 0.3 is 5.97 Å². The molecule has 0 radical (unpaired) electrons. The Hall–Kier alpha value is -1.48. The first kappa shape index (κ1) is 8.62.